The van der Waals surface area contributed by atoms with Crippen LogP contribution in [0.25, 0.3) is 10.2 Å². The second kappa shape index (κ2) is 7.92. The lowest BCUT2D eigenvalue weighted by Crippen LogP contribution is -2.22. The average Bonchev–Trinajstić information content (AvgIpc) is 2.98. The predicted molar refractivity (Wildman–Crippen MR) is 111 cm³/mol. The summed E-state index contributed by atoms with van der Waals surface area (Å²) in [7, 11) is -2.04. The Kier molecular flexibility index (Phi) is 5.72. The molecule has 0 unspecified atom stereocenters. The maximum absolute atomic E-state index is 12.7. The first-order chi connectivity index (χ1) is 13.6. The van der Waals surface area contributed by atoms with E-state index < -0.39 is 21.7 Å². The molecular weight excluding hydrogens is 412 g/mol. The van der Waals surface area contributed by atoms with Crippen molar-refractivity contribution in [3.8, 4) is 0 Å². The van der Waals surface area contributed by atoms with Gasteiger partial charge in [-0.15, -0.1) is 0 Å². The molecule has 0 bridgehead atoms. The number of carbonyl (C=O) groups is 2. The number of aromatic nitrogens is 1. The largest absolute Gasteiger partial charge is 0.468 e. The summed E-state index contributed by atoms with van der Waals surface area (Å²) in [5.41, 5.74) is 3.11. The summed E-state index contributed by atoms with van der Waals surface area (Å²) in [5.74, 6) is -0.972. The van der Waals surface area contributed by atoms with E-state index in [9.17, 15) is 18.0 Å². The molecule has 7 nitrogen and oxygen atoms in total. The minimum atomic E-state index is -3.35. The molecule has 0 atom stereocenters. The Labute approximate surface area is 172 Å². The first kappa shape index (κ1) is 20.9. The summed E-state index contributed by atoms with van der Waals surface area (Å²) in [6, 6.07) is 9.56. The number of benzene rings is 2. The Balaban J connectivity index is 2.13. The Morgan fingerprint density at radius 2 is 1.79 bits per heavy atom. The van der Waals surface area contributed by atoms with Crippen molar-refractivity contribution in [3.05, 3.63) is 57.9 Å². The molecule has 3 rings (SSSR count). The van der Waals surface area contributed by atoms with Crippen LogP contribution in [0, 0.1) is 13.8 Å². The minimum absolute atomic E-state index is 0.0709. The van der Waals surface area contributed by atoms with Gasteiger partial charge < -0.3 is 9.30 Å². The maximum Gasteiger partial charge on any atom is 0.325 e. The van der Waals surface area contributed by atoms with Crippen LogP contribution in [-0.4, -0.2) is 38.2 Å². The van der Waals surface area contributed by atoms with Crippen molar-refractivity contribution in [1.29, 1.82) is 0 Å². The average molecular weight is 433 g/mol. The first-order valence-corrected chi connectivity index (χ1v) is 11.4. The molecule has 2 aromatic carbocycles. The molecule has 0 aliphatic heterocycles. The van der Waals surface area contributed by atoms with Gasteiger partial charge in [0.25, 0.3) is 5.91 Å². The number of methoxy groups -OCH3 is 1. The summed E-state index contributed by atoms with van der Waals surface area (Å²) in [5, 5.41) is 0. The van der Waals surface area contributed by atoms with E-state index in [1.807, 2.05) is 26.0 Å². The number of sulfone groups is 1. The number of nitrogens with zero attached hydrogens (tertiary/aromatic N) is 2. The van der Waals surface area contributed by atoms with Crippen LogP contribution in [-0.2, 0) is 25.9 Å². The smallest absolute Gasteiger partial charge is 0.325 e. The number of aryl methyl sites for hydroxylation is 2. The molecule has 0 fully saturated rings. The Bertz CT molecular complexity index is 1280. The zero-order valence-corrected chi connectivity index (χ0v) is 18.1. The Hall–Kier alpha value is -2.78. The van der Waals surface area contributed by atoms with Crippen LogP contribution >= 0.6 is 11.3 Å². The molecule has 0 aliphatic carbocycles. The summed E-state index contributed by atoms with van der Waals surface area (Å²) >= 11 is 1.31. The highest BCUT2D eigenvalue weighted by Crippen LogP contribution is 2.23. The standard InChI is InChI=1S/C20H20N2O5S2/c1-12-9-13(2)18-16(10-12)22(11-17(23)27-3)20(28-18)21-19(24)14-5-7-15(8-6-14)29(4,25)26/h5-10H,11H2,1-4H3. The van der Waals surface area contributed by atoms with Crippen molar-refractivity contribution in [2.45, 2.75) is 25.3 Å². The monoisotopic (exact) mass is 432 g/mol. The van der Waals surface area contributed by atoms with E-state index in [-0.39, 0.29) is 17.0 Å². The lowest BCUT2D eigenvalue weighted by atomic mass is 10.1. The van der Waals surface area contributed by atoms with Gasteiger partial charge in [-0.1, -0.05) is 17.4 Å². The summed E-state index contributed by atoms with van der Waals surface area (Å²) in [4.78, 5) is 29.3. The van der Waals surface area contributed by atoms with Gasteiger partial charge in [-0.25, -0.2) is 8.42 Å². The van der Waals surface area contributed by atoms with Crippen LogP contribution in [0.5, 0.6) is 0 Å². The van der Waals surface area contributed by atoms with Gasteiger partial charge in [0.05, 0.1) is 22.2 Å². The molecule has 0 radical (unpaired) electrons. The van der Waals surface area contributed by atoms with Gasteiger partial charge in [0.1, 0.15) is 6.54 Å². The van der Waals surface area contributed by atoms with Crippen LogP contribution in [0.15, 0.2) is 46.3 Å². The van der Waals surface area contributed by atoms with Gasteiger partial charge in [0.2, 0.25) is 0 Å². The number of amides is 1. The SMILES string of the molecule is COC(=O)Cn1c(=NC(=O)c2ccc(S(C)(=O)=O)cc2)sc2c(C)cc(C)cc21. The summed E-state index contributed by atoms with van der Waals surface area (Å²) < 4.78 is 30.5. The third kappa shape index (κ3) is 4.46. The molecule has 1 amide bonds. The lowest BCUT2D eigenvalue weighted by molar-refractivity contribution is -0.141. The first-order valence-electron chi connectivity index (χ1n) is 8.66. The van der Waals surface area contributed by atoms with Crippen molar-refractivity contribution in [2.75, 3.05) is 13.4 Å². The fourth-order valence-corrected chi connectivity index (χ4v) is 4.65. The molecule has 1 aromatic heterocycles. The van der Waals surface area contributed by atoms with E-state index in [0.29, 0.717) is 4.80 Å². The summed E-state index contributed by atoms with van der Waals surface area (Å²) in [6.45, 7) is 3.85. The van der Waals surface area contributed by atoms with Gasteiger partial charge in [0, 0.05) is 11.8 Å². The Morgan fingerprint density at radius 3 is 2.38 bits per heavy atom. The molecule has 0 saturated carbocycles. The molecule has 0 aliphatic rings. The molecule has 29 heavy (non-hydrogen) atoms. The molecule has 3 aromatic rings. The van der Waals surface area contributed by atoms with Gasteiger partial charge in [0.15, 0.2) is 14.6 Å². The zero-order valence-electron chi connectivity index (χ0n) is 16.4. The van der Waals surface area contributed by atoms with Crippen LogP contribution in [0.2, 0.25) is 0 Å². The highest BCUT2D eigenvalue weighted by molar-refractivity contribution is 7.90. The third-order valence-electron chi connectivity index (χ3n) is 4.36. The third-order valence-corrected chi connectivity index (χ3v) is 6.71. The highest BCUT2D eigenvalue weighted by Gasteiger charge is 2.15. The number of hydrogen-bond donors (Lipinski definition) is 0. The van der Waals surface area contributed by atoms with Gasteiger partial charge in [-0.2, -0.15) is 4.99 Å². The number of hydrogen-bond acceptors (Lipinski definition) is 6. The number of carbonyl (C=O) groups excluding carboxylic acids is 2. The Morgan fingerprint density at radius 1 is 1.14 bits per heavy atom. The van der Waals surface area contributed by atoms with Gasteiger partial charge >= 0.3 is 5.97 Å². The lowest BCUT2D eigenvalue weighted by Gasteiger charge is -2.05. The van der Waals surface area contributed by atoms with Crippen LogP contribution in [0.4, 0.5) is 0 Å². The fourth-order valence-electron chi connectivity index (χ4n) is 2.94. The number of fused-ring (bicyclic) bond motifs is 1. The van der Waals surface area contributed by atoms with Crippen LogP contribution < -0.4 is 4.80 Å². The summed E-state index contributed by atoms with van der Waals surface area (Å²) in [6.07, 6.45) is 1.10. The van der Waals surface area contributed by atoms with Gasteiger partial charge in [-0.3, -0.25) is 9.59 Å². The molecule has 0 N–H and O–H groups in total. The normalized spacial score (nSPS) is 12.3. The quantitative estimate of drug-likeness (QED) is 0.591. The predicted octanol–water partition coefficient (Wildman–Crippen LogP) is 2.64. The second-order valence-electron chi connectivity index (χ2n) is 6.69. The fraction of sp³-hybridized carbons (Fsp3) is 0.250. The number of thiazole rings is 1. The van der Waals surface area contributed by atoms with Crippen molar-refractivity contribution >= 4 is 43.3 Å². The van der Waals surface area contributed by atoms with Crippen molar-refractivity contribution < 1.29 is 22.7 Å². The van der Waals surface area contributed by atoms with Crippen molar-refractivity contribution in [1.82, 2.24) is 4.57 Å². The number of rotatable bonds is 4. The van der Waals surface area contributed by atoms with E-state index in [2.05, 4.69) is 4.99 Å². The van der Waals surface area contributed by atoms with Crippen LogP contribution in [0.3, 0.4) is 0 Å². The number of ether oxygens (including phenoxy) is 1. The van der Waals surface area contributed by atoms with E-state index in [4.69, 9.17) is 4.74 Å². The van der Waals surface area contributed by atoms with E-state index in [1.54, 1.807) is 4.57 Å². The zero-order chi connectivity index (χ0) is 21.3. The van der Waals surface area contributed by atoms with Crippen molar-refractivity contribution in [2.24, 2.45) is 4.99 Å². The second-order valence-corrected chi connectivity index (χ2v) is 9.68. The van der Waals surface area contributed by atoms with Crippen LogP contribution in [0.1, 0.15) is 21.5 Å². The topological polar surface area (TPSA) is 94.8 Å². The van der Waals surface area contributed by atoms with E-state index in [0.717, 1.165) is 27.6 Å². The molecular formula is C20H20N2O5S2. The van der Waals surface area contributed by atoms with E-state index in [1.165, 1.54) is 42.7 Å². The maximum atomic E-state index is 12.7. The molecule has 0 saturated heterocycles. The molecule has 9 heteroatoms. The van der Waals surface area contributed by atoms with Crippen molar-refractivity contribution in [3.63, 3.8) is 0 Å². The molecule has 0 spiro atoms. The van der Waals surface area contributed by atoms with Gasteiger partial charge in [-0.05, 0) is 55.3 Å². The molecule has 152 valence electrons. The number of esters is 1. The molecule has 1 heterocycles. The highest BCUT2D eigenvalue weighted by atomic mass is 32.2. The minimum Gasteiger partial charge on any atom is -0.468 e. The van der Waals surface area contributed by atoms with E-state index >= 15 is 0 Å².